The number of aryl methyl sites for hydroxylation is 1. The molecule has 19 heavy (non-hydrogen) atoms. The van der Waals surface area contributed by atoms with Crippen LogP contribution >= 0.6 is 0 Å². The first-order valence-corrected chi connectivity index (χ1v) is 7.18. The summed E-state index contributed by atoms with van der Waals surface area (Å²) < 4.78 is 0. The lowest BCUT2D eigenvalue weighted by Crippen LogP contribution is -2.32. The molecule has 2 rings (SSSR count). The number of rotatable bonds is 6. The Labute approximate surface area is 114 Å². The van der Waals surface area contributed by atoms with Crippen molar-refractivity contribution in [1.29, 1.82) is 0 Å². The molecule has 0 spiro atoms. The normalized spacial score (nSPS) is 22.6. The van der Waals surface area contributed by atoms with Crippen molar-refractivity contribution in [2.24, 2.45) is 5.92 Å². The summed E-state index contributed by atoms with van der Waals surface area (Å²) in [5.41, 5.74) is 1.13. The minimum Gasteiger partial charge on any atom is -0.314 e. The predicted molar refractivity (Wildman–Crippen MR) is 76.2 cm³/mol. The fraction of sp³-hybridized carbons (Fsp3) is 0.600. The molecule has 0 amide bonds. The maximum atomic E-state index is 11.0. The highest BCUT2D eigenvalue weighted by Gasteiger charge is 2.26. The zero-order chi connectivity index (χ0) is 13.7. The summed E-state index contributed by atoms with van der Waals surface area (Å²) in [6.07, 6.45) is 5.62. The van der Waals surface area contributed by atoms with Gasteiger partial charge in [-0.25, -0.2) is 0 Å². The topological polar surface area (TPSA) is 55.2 Å². The SMILES string of the molecule is CCNC1CCCC1CCc1ccccc1[N+](=O)[O-]. The molecule has 0 saturated heterocycles. The molecule has 0 radical (unpaired) electrons. The monoisotopic (exact) mass is 262 g/mol. The van der Waals surface area contributed by atoms with Gasteiger partial charge in [-0.05, 0) is 38.1 Å². The van der Waals surface area contributed by atoms with Gasteiger partial charge in [-0.15, -0.1) is 0 Å². The highest BCUT2D eigenvalue weighted by molar-refractivity contribution is 5.39. The third-order valence-electron chi connectivity index (χ3n) is 4.10. The van der Waals surface area contributed by atoms with Crippen molar-refractivity contribution in [3.05, 3.63) is 39.9 Å². The second-order valence-corrected chi connectivity index (χ2v) is 5.28. The van der Waals surface area contributed by atoms with Gasteiger partial charge in [0.1, 0.15) is 0 Å². The van der Waals surface area contributed by atoms with E-state index in [0.29, 0.717) is 12.0 Å². The zero-order valence-electron chi connectivity index (χ0n) is 11.5. The van der Waals surface area contributed by atoms with E-state index in [1.54, 1.807) is 12.1 Å². The van der Waals surface area contributed by atoms with Crippen LogP contribution in [0, 0.1) is 16.0 Å². The van der Waals surface area contributed by atoms with Gasteiger partial charge in [-0.3, -0.25) is 10.1 Å². The van der Waals surface area contributed by atoms with Crippen LogP contribution in [0.1, 0.15) is 38.2 Å². The Hall–Kier alpha value is -1.42. The van der Waals surface area contributed by atoms with Crippen LogP contribution in [0.2, 0.25) is 0 Å². The van der Waals surface area contributed by atoms with Gasteiger partial charge in [-0.2, -0.15) is 0 Å². The van der Waals surface area contributed by atoms with E-state index in [0.717, 1.165) is 24.9 Å². The van der Waals surface area contributed by atoms with Crippen LogP contribution in [-0.4, -0.2) is 17.5 Å². The Morgan fingerprint density at radius 3 is 2.89 bits per heavy atom. The molecule has 0 aromatic heterocycles. The standard InChI is InChI=1S/C15H22N2O2/c1-2-16-14-8-5-7-12(14)10-11-13-6-3-4-9-15(13)17(18)19/h3-4,6,9,12,14,16H,2,5,7-8,10-11H2,1H3. The van der Waals surface area contributed by atoms with E-state index in [2.05, 4.69) is 12.2 Å². The van der Waals surface area contributed by atoms with E-state index >= 15 is 0 Å². The molecular formula is C15H22N2O2. The predicted octanol–water partition coefficient (Wildman–Crippen LogP) is 3.31. The van der Waals surface area contributed by atoms with Crippen molar-refractivity contribution in [3.8, 4) is 0 Å². The van der Waals surface area contributed by atoms with Crippen molar-refractivity contribution in [2.45, 2.75) is 45.1 Å². The Kier molecular flexibility index (Phi) is 4.91. The zero-order valence-corrected chi connectivity index (χ0v) is 11.5. The van der Waals surface area contributed by atoms with E-state index in [-0.39, 0.29) is 10.6 Å². The van der Waals surface area contributed by atoms with Gasteiger partial charge in [0, 0.05) is 17.7 Å². The van der Waals surface area contributed by atoms with Gasteiger partial charge in [0.2, 0.25) is 0 Å². The van der Waals surface area contributed by atoms with Crippen LogP contribution in [0.4, 0.5) is 5.69 Å². The fourth-order valence-corrected chi connectivity index (χ4v) is 3.15. The van der Waals surface area contributed by atoms with Crippen LogP contribution in [-0.2, 0) is 6.42 Å². The Morgan fingerprint density at radius 2 is 2.16 bits per heavy atom. The molecule has 1 saturated carbocycles. The summed E-state index contributed by atoms with van der Waals surface area (Å²) in [6.45, 7) is 3.14. The molecule has 0 aliphatic heterocycles. The average Bonchev–Trinajstić information content (AvgIpc) is 2.84. The average molecular weight is 262 g/mol. The van der Waals surface area contributed by atoms with Crippen molar-refractivity contribution in [1.82, 2.24) is 5.32 Å². The lowest BCUT2D eigenvalue weighted by atomic mass is 9.94. The van der Waals surface area contributed by atoms with Crippen LogP contribution in [0.3, 0.4) is 0 Å². The number of nitro benzene ring substituents is 1. The first kappa shape index (κ1) is 14.0. The molecule has 2 unspecified atom stereocenters. The molecule has 1 aromatic carbocycles. The summed E-state index contributed by atoms with van der Waals surface area (Å²) in [7, 11) is 0. The van der Waals surface area contributed by atoms with Gasteiger partial charge in [0.15, 0.2) is 0 Å². The molecule has 4 nitrogen and oxygen atoms in total. The second kappa shape index (κ2) is 6.66. The van der Waals surface area contributed by atoms with Gasteiger partial charge < -0.3 is 5.32 Å². The third-order valence-corrected chi connectivity index (χ3v) is 4.10. The molecular weight excluding hydrogens is 240 g/mol. The van der Waals surface area contributed by atoms with Gasteiger partial charge in [0.05, 0.1) is 4.92 Å². The number of nitrogens with zero attached hydrogens (tertiary/aromatic N) is 1. The van der Waals surface area contributed by atoms with Crippen LogP contribution in [0.5, 0.6) is 0 Å². The second-order valence-electron chi connectivity index (χ2n) is 5.28. The number of hydrogen-bond acceptors (Lipinski definition) is 3. The van der Waals surface area contributed by atoms with E-state index in [4.69, 9.17) is 0 Å². The van der Waals surface area contributed by atoms with E-state index in [1.165, 1.54) is 19.3 Å². The molecule has 1 fully saturated rings. The molecule has 4 heteroatoms. The summed E-state index contributed by atoms with van der Waals surface area (Å²) in [5.74, 6) is 0.666. The molecule has 0 bridgehead atoms. The lowest BCUT2D eigenvalue weighted by molar-refractivity contribution is -0.385. The number of nitrogens with one attached hydrogen (secondary N) is 1. The molecule has 0 heterocycles. The Morgan fingerprint density at radius 1 is 1.37 bits per heavy atom. The quantitative estimate of drug-likeness (QED) is 0.632. The highest BCUT2D eigenvalue weighted by atomic mass is 16.6. The Balaban J connectivity index is 1.97. The maximum Gasteiger partial charge on any atom is 0.272 e. The van der Waals surface area contributed by atoms with Crippen molar-refractivity contribution < 1.29 is 4.92 Å². The minimum atomic E-state index is -0.272. The van der Waals surface area contributed by atoms with E-state index in [9.17, 15) is 10.1 Å². The minimum absolute atomic E-state index is 0.264. The maximum absolute atomic E-state index is 11.0. The van der Waals surface area contributed by atoms with Crippen LogP contribution in [0.25, 0.3) is 0 Å². The van der Waals surface area contributed by atoms with Crippen LogP contribution in [0.15, 0.2) is 24.3 Å². The van der Waals surface area contributed by atoms with Crippen LogP contribution < -0.4 is 5.32 Å². The highest BCUT2D eigenvalue weighted by Crippen LogP contribution is 2.30. The molecule has 1 aliphatic carbocycles. The van der Waals surface area contributed by atoms with E-state index in [1.807, 2.05) is 12.1 Å². The van der Waals surface area contributed by atoms with Gasteiger partial charge >= 0.3 is 0 Å². The first-order chi connectivity index (χ1) is 9.22. The number of nitro groups is 1. The smallest absolute Gasteiger partial charge is 0.272 e. The summed E-state index contributed by atoms with van der Waals surface area (Å²) >= 11 is 0. The molecule has 104 valence electrons. The summed E-state index contributed by atoms with van der Waals surface area (Å²) in [4.78, 5) is 10.7. The first-order valence-electron chi connectivity index (χ1n) is 7.18. The fourth-order valence-electron chi connectivity index (χ4n) is 3.15. The number of benzene rings is 1. The molecule has 2 atom stereocenters. The lowest BCUT2D eigenvalue weighted by Gasteiger charge is -2.20. The molecule has 1 aromatic rings. The van der Waals surface area contributed by atoms with Crippen molar-refractivity contribution in [3.63, 3.8) is 0 Å². The largest absolute Gasteiger partial charge is 0.314 e. The van der Waals surface area contributed by atoms with E-state index < -0.39 is 0 Å². The Bertz CT molecular complexity index is 434. The molecule has 1 N–H and O–H groups in total. The van der Waals surface area contributed by atoms with Crippen molar-refractivity contribution in [2.75, 3.05) is 6.54 Å². The number of para-hydroxylation sites is 1. The van der Waals surface area contributed by atoms with Gasteiger partial charge in [-0.1, -0.05) is 31.5 Å². The summed E-state index contributed by atoms with van der Waals surface area (Å²) in [6, 6.07) is 7.71. The van der Waals surface area contributed by atoms with Crippen molar-refractivity contribution >= 4 is 5.69 Å². The molecule has 1 aliphatic rings. The number of hydrogen-bond donors (Lipinski definition) is 1. The van der Waals surface area contributed by atoms with Gasteiger partial charge in [0.25, 0.3) is 5.69 Å². The third kappa shape index (κ3) is 3.53. The summed E-state index contributed by atoms with van der Waals surface area (Å²) in [5, 5.41) is 14.5.